The zero-order valence-corrected chi connectivity index (χ0v) is 22.0. The van der Waals surface area contributed by atoms with E-state index in [1.54, 1.807) is 0 Å². The van der Waals surface area contributed by atoms with Crippen LogP contribution in [0.4, 0.5) is 0 Å². The van der Waals surface area contributed by atoms with Crippen molar-refractivity contribution in [3.8, 4) is 0 Å². The van der Waals surface area contributed by atoms with Gasteiger partial charge < -0.3 is 17.0 Å². The summed E-state index contributed by atoms with van der Waals surface area (Å²) >= 11 is 6.63. The maximum absolute atomic E-state index is 13.2. The number of pyridine rings is 1. The third-order valence-electron chi connectivity index (χ3n) is 6.01. The third kappa shape index (κ3) is 4.20. The van der Waals surface area contributed by atoms with Crippen LogP contribution in [0.1, 0.15) is 16.1 Å². The molecule has 0 saturated heterocycles. The van der Waals surface area contributed by atoms with Gasteiger partial charge in [-0.25, -0.2) is 4.57 Å². The molecule has 0 N–H and O–H groups in total. The molecule has 0 unspecified atom stereocenters. The minimum atomic E-state index is -2.39. The zero-order valence-electron chi connectivity index (χ0n) is 18.7. The number of benzene rings is 3. The molecule has 6 heteroatoms. The van der Waals surface area contributed by atoms with Crippen molar-refractivity contribution in [3.05, 3.63) is 127 Å². The minimum Gasteiger partial charge on any atom is -1.00 e. The number of Topliss-reactive ketones (excluding diaryl/α,β-unsaturated/α-hetero) is 1. The van der Waals surface area contributed by atoms with Crippen molar-refractivity contribution in [3.63, 3.8) is 0 Å². The Balaban J connectivity index is 0.00000274. The summed E-state index contributed by atoms with van der Waals surface area (Å²) in [7, 11) is 0. The van der Waals surface area contributed by atoms with E-state index in [1.807, 2.05) is 54.6 Å². The van der Waals surface area contributed by atoms with E-state index in [2.05, 4.69) is 76.7 Å². The predicted octanol–water partition coefficient (Wildman–Crippen LogP) is 1.18. The smallest absolute Gasteiger partial charge is 0.287 e. The van der Waals surface area contributed by atoms with Crippen LogP contribution in [-0.2, 0) is 18.4 Å². The van der Waals surface area contributed by atoms with Crippen LogP contribution in [0.25, 0.3) is 5.65 Å². The lowest BCUT2D eigenvalue weighted by molar-refractivity contribution is -0.490. The van der Waals surface area contributed by atoms with E-state index in [4.69, 9.17) is 11.8 Å². The van der Waals surface area contributed by atoms with Crippen molar-refractivity contribution >= 4 is 45.3 Å². The lowest BCUT2D eigenvalue weighted by Crippen LogP contribution is -3.00. The second kappa shape index (κ2) is 10.2. The van der Waals surface area contributed by atoms with Gasteiger partial charge in [-0.1, -0.05) is 109 Å². The first-order chi connectivity index (χ1) is 16.1. The molecule has 0 saturated carbocycles. The summed E-state index contributed by atoms with van der Waals surface area (Å²) in [4.78, 5) is 13.2. The summed E-state index contributed by atoms with van der Waals surface area (Å²) < 4.78 is 4.30. The highest BCUT2D eigenvalue weighted by Gasteiger charge is 2.37. The number of fused-ring (bicyclic) bond motifs is 1. The highest BCUT2D eigenvalue weighted by molar-refractivity contribution is 8.25. The van der Waals surface area contributed by atoms with Gasteiger partial charge >= 0.3 is 0 Å². The lowest BCUT2D eigenvalue weighted by Gasteiger charge is -2.21. The van der Waals surface area contributed by atoms with Gasteiger partial charge in [0.05, 0.1) is 12.2 Å². The second-order valence-electron chi connectivity index (χ2n) is 7.99. The Kier molecular flexibility index (Phi) is 7.27. The summed E-state index contributed by atoms with van der Waals surface area (Å²) in [6.07, 6.45) is 2.06. The molecule has 0 bridgehead atoms. The number of carbonyl (C=O) groups excluding carboxylic acids is 1. The number of aromatic nitrogens is 2. The molecule has 0 aliphatic carbocycles. The Morgan fingerprint density at radius 2 is 1.29 bits per heavy atom. The average molecular weight is 547 g/mol. The number of hydrogen-bond donors (Lipinski definition) is 0. The zero-order chi connectivity index (χ0) is 22.8. The summed E-state index contributed by atoms with van der Waals surface area (Å²) in [5, 5.41) is 2.28. The maximum Gasteiger partial charge on any atom is 0.287 e. The van der Waals surface area contributed by atoms with Crippen molar-refractivity contribution in [2.45, 2.75) is 13.5 Å². The molecule has 0 fully saturated rings. The molecule has 3 nitrogen and oxygen atoms in total. The molecule has 0 radical (unpaired) electrons. The van der Waals surface area contributed by atoms with Gasteiger partial charge in [0, 0.05) is 18.6 Å². The van der Waals surface area contributed by atoms with Crippen LogP contribution in [-0.4, -0.2) is 10.4 Å². The van der Waals surface area contributed by atoms with E-state index < -0.39 is 6.04 Å². The molecule has 34 heavy (non-hydrogen) atoms. The van der Waals surface area contributed by atoms with E-state index in [9.17, 15) is 4.79 Å². The van der Waals surface area contributed by atoms with Crippen LogP contribution in [0.2, 0.25) is 0 Å². The number of hydrogen-bond acceptors (Lipinski definition) is 2. The Bertz CT molecular complexity index is 1440. The molecule has 0 aliphatic heterocycles. The van der Waals surface area contributed by atoms with Gasteiger partial charge in [0.2, 0.25) is 5.78 Å². The Hall–Kier alpha value is -2.85. The molecule has 5 aromatic rings. The quantitative estimate of drug-likeness (QED) is 0.181. The van der Waals surface area contributed by atoms with Crippen molar-refractivity contribution in [1.29, 1.82) is 0 Å². The Morgan fingerprint density at radius 3 is 1.85 bits per heavy atom. The fourth-order valence-corrected chi connectivity index (χ4v) is 8.82. The van der Waals surface area contributed by atoms with Crippen molar-refractivity contribution in [1.82, 2.24) is 4.57 Å². The summed E-state index contributed by atoms with van der Waals surface area (Å²) in [6, 6.07) is 34.0. The standard InChI is InChI=1S/C28H24N2OPS.BrH/c1-22-28(32(33,24-15-7-3-8-16-24)25-17-9-4-10-18-25)29-20-12-11-19-27(29)30(22)21-26(31)23-13-5-2-6-14-23;/h2-20H,21H2,1H3;1H/q+1;/p-1. The van der Waals surface area contributed by atoms with Gasteiger partial charge in [0.15, 0.2) is 12.0 Å². The van der Waals surface area contributed by atoms with Gasteiger partial charge in [-0.3, -0.25) is 4.79 Å². The first kappa shape index (κ1) is 24.3. The molecule has 0 aliphatic rings. The van der Waals surface area contributed by atoms with Crippen molar-refractivity contribution in [2.75, 3.05) is 0 Å². The highest BCUT2D eigenvalue weighted by Crippen LogP contribution is 2.42. The molecule has 2 heterocycles. The molecule has 170 valence electrons. The van der Waals surface area contributed by atoms with Gasteiger partial charge in [-0.2, -0.15) is 4.40 Å². The largest absolute Gasteiger partial charge is 1.00 e. The topological polar surface area (TPSA) is 26.1 Å². The highest BCUT2D eigenvalue weighted by atomic mass is 79.9. The number of carbonyl (C=O) groups is 1. The van der Waals surface area contributed by atoms with Crippen molar-refractivity contribution in [2.24, 2.45) is 0 Å². The Morgan fingerprint density at radius 1 is 0.794 bits per heavy atom. The lowest BCUT2D eigenvalue weighted by atomic mass is 10.1. The number of rotatable bonds is 6. The molecule has 0 atom stereocenters. The van der Waals surface area contributed by atoms with Crippen LogP contribution < -0.4 is 37.4 Å². The van der Waals surface area contributed by atoms with E-state index in [0.717, 1.165) is 27.4 Å². The van der Waals surface area contributed by atoms with E-state index in [-0.39, 0.29) is 29.3 Å². The van der Waals surface area contributed by atoms with Gasteiger partial charge in [-0.15, -0.1) is 0 Å². The van der Waals surface area contributed by atoms with E-state index >= 15 is 0 Å². The third-order valence-corrected chi connectivity index (χ3v) is 11.0. The predicted molar refractivity (Wildman–Crippen MR) is 139 cm³/mol. The molecule has 3 aromatic carbocycles. The maximum atomic E-state index is 13.2. The first-order valence-electron chi connectivity index (χ1n) is 10.9. The van der Waals surface area contributed by atoms with Gasteiger partial charge in [0.1, 0.15) is 5.69 Å². The van der Waals surface area contributed by atoms with Crippen LogP contribution in [0, 0.1) is 6.92 Å². The van der Waals surface area contributed by atoms with Crippen LogP contribution >= 0.6 is 6.04 Å². The second-order valence-corrected chi connectivity index (χ2v) is 12.3. The molecule has 2 aromatic heterocycles. The number of imidazole rings is 1. The number of halogens is 1. The molecule has 0 amide bonds. The monoisotopic (exact) mass is 546 g/mol. The van der Waals surface area contributed by atoms with Crippen LogP contribution in [0.5, 0.6) is 0 Å². The van der Waals surface area contributed by atoms with Crippen molar-refractivity contribution < 1.29 is 26.2 Å². The normalized spacial score (nSPS) is 11.2. The van der Waals surface area contributed by atoms with Crippen LogP contribution in [0.3, 0.4) is 0 Å². The van der Waals surface area contributed by atoms with Gasteiger partial charge in [-0.05, 0) is 16.7 Å². The van der Waals surface area contributed by atoms with E-state index in [0.29, 0.717) is 5.56 Å². The number of nitrogens with zero attached hydrogens (tertiary/aromatic N) is 2. The van der Waals surface area contributed by atoms with E-state index in [1.165, 1.54) is 0 Å². The minimum absolute atomic E-state index is 0. The summed E-state index contributed by atoms with van der Waals surface area (Å²) in [6.45, 7) is 2.36. The first-order valence-corrected chi connectivity index (χ1v) is 13.7. The Labute approximate surface area is 215 Å². The summed E-state index contributed by atoms with van der Waals surface area (Å²) in [5.74, 6) is 0.0827. The average Bonchev–Trinajstić information content (AvgIpc) is 3.16. The molecule has 5 rings (SSSR count). The molecule has 0 spiro atoms. The van der Waals surface area contributed by atoms with Gasteiger partial charge in [0.25, 0.3) is 5.65 Å². The molecular formula is C28H24BrN2OPS. The van der Waals surface area contributed by atoms with Crippen LogP contribution in [0.15, 0.2) is 115 Å². The fraction of sp³-hybridized carbons (Fsp3) is 0.0714. The molecular weight excluding hydrogens is 523 g/mol. The SMILES string of the molecule is Cc1c(P(=S)(c2ccccc2)c2ccccc2)[n+]2ccccc2n1CC(=O)c1ccccc1.[Br-]. The number of ketones is 1. The summed E-state index contributed by atoms with van der Waals surface area (Å²) in [5.41, 5.74) is 3.80. The fourth-order valence-electron chi connectivity index (χ4n) is 4.41.